The van der Waals surface area contributed by atoms with E-state index in [0.29, 0.717) is 24.3 Å². The average molecular weight is 215 g/mol. The molecule has 0 N–H and O–H groups in total. The molecule has 0 aliphatic rings. The molecule has 0 saturated carbocycles. The summed E-state index contributed by atoms with van der Waals surface area (Å²) in [4.78, 5) is 0. The smallest absolute Gasteiger partial charge is 0.233 e. The van der Waals surface area contributed by atoms with Crippen LogP contribution in [0.2, 0.25) is 0 Å². The zero-order chi connectivity index (χ0) is 10.4. The minimum Gasteiger partial charge on any atom is -0.477 e. The van der Waals surface area contributed by atoms with Gasteiger partial charge in [-0.15, -0.1) is 16.7 Å². The van der Waals surface area contributed by atoms with Crippen LogP contribution in [0.4, 0.5) is 0 Å². The zero-order valence-corrected chi connectivity index (χ0v) is 9.29. The van der Waals surface area contributed by atoms with E-state index in [4.69, 9.17) is 16.3 Å². The van der Waals surface area contributed by atoms with Crippen molar-refractivity contribution < 1.29 is 4.74 Å². The van der Waals surface area contributed by atoms with Gasteiger partial charge in [-0.25, -0.2) is 0 Å². The normalized spacial score (nSPS) is 10.6. The number of aromatic nitrogens is 2. The molecular formula is C10H15ClN2O. The monoisotopic (exact) mass is 214 g/mol. The van der Waals surface area contributed by atoms with Crippen LogP contribution in [-0.2, 0) is 5.88 Å². The highest BCUT2D eigenvalue weighted by atomic mass is 35.5. The first kappa shape index (κ1) is 11.2. The molecule has 0 aliphatic carbocycles. The van der Waals surface area contributed by atoms with E-state index in [1.165, 1.54) is 0 Å². The number of nitrogens with zero attached hydrogens (tertiary/aromatic N) is 2. The van der Waals surface area contributed by atoms with Gasteiger partial charge in [-0.3, -0.25) is 0 Å². The van der Waals surface area contributed by atoms with Crippen molar-refractivity contribution in [1.29, 1.82) is 0 Å². The molecular weight excluding hydrogens is 200 g/mol. The van der Waals surface area contributed by atoms with Crippen LogP contribution < -0.4 is 4.74 Å². The summed E-state index contributed by atoms with van der Waals surface area (Å²) >= 11 is 5.58. The highest BCUT2D eigenvalue weighted by molar-refractivity contribution is 6.16. The quantitative estimate of drug-likeness (QED) is 0.707. The van der Waals surface area contributed by atoms with E-state index in [1.54, 1.807) is 6.07 Å². The maximum absolute atomic E-state index is 5.58. The Labute approximate surface area is 89.4 Å². The molecule has 0 spiro atoms. The Bertz CT molecular complexity index is 261. The van der Waals surface area contributed by atoms with Gasteiger partial charge in [0.2, 0.25) is 5.88 Å². The van der Waals surface area contributed by atoms with Gasteiger partial charge >= 0.3 is 0 Å². The van der Waals surface area contributed by atoms with Gasteiger partial charge in [-0.05, 0) is 18.4 Å². The summed E-state index contributed by atoms with van der Waals surface area (Å²) in [5, 5.41) is 7.78. The van der Waals surface area contributed by atoms with E-state index in [9.17, 15) is 0 Å². The fourth-order valence-electron chi connectivity index (χ4n) is 0.895. The van der Waals surface area contributed by atoms with Gasteiger partial charge in [0.25, 0.3) is 0 Å². The summed E-state index contributed by atoms with van der Waals surface area (Å²) in [7, 11) is 0. The third-order valence-corrected chi connectivity index (χ3v) is 2.05. The first-order chi connectivity index (χ1) is 6.72. The zero-order valence-electron chi connectivity index (χ0n) is 8.53. The van der Waals surface area contributed by atoms with Crippen molar-refractivity contribution >= 4 is 11.6 Å². The van der Waals surface area contributed by atoms with Gasteiger partial charge in [-0.1, -0.05) is 13.8 Å². The molecule has 1 heterocycles. The Hall–Kier alpha value is -0.830. The SMILES string of the molecule is CC(C)CCOc1ccc(CCl)nn1. The van der Waals surface area contributed by atoms with Gasteiger partial charge in [0.1, 0.15) is 0 Å². The lowest BCUT2D eigenvalue weighted by Crippen LogP contribution is -2.03. The van der Waals surface area contributed by atoms with E-state index >= 15 is 0 Å². The standard InChI is InChI=1S/C10H15ClN2O/c1-8(2)5-6-14-10-4-3-9(7-11)12-13-10/h3-4,8H,5-7H2,1-2H3. The molecule has 1 aromatic rings. The molecule has 0 unspecified atom stereocenters. The fourth-order valence-corrected chi connectivity index (χ4v) is 1.04. The van der Waals surface area contributed by atoms with Crippen LogP contribution in [0.5, 0.6) is 5.88 Å². The third kappa shape index (κ3) is 3.92. The largest absolute Gasteiger partial charge is 0.477 e. The summed E-state index contributed by atoms with van der Waals surface area (Å²) in [6.07, 6.45) is 1.03. The second-order valence-corrected chi connectivity index (χ2v) is 3.79. The van der Waals surface area contributed by atoms with Crippen LogP contribution in [0.15, 0.2) is 12.1 Å². The molecule has 0 saturated heterocycles. The molecule has 1 rings (SSSR count). The molecule has 0 atom stereocenters. The molecule has 0 aliphatic heterocycles. The van der Waals surface area contributed by atoms with Crippen molar-refractivity contribution in [1.82, 2.24) is 10.2 Å². The van der Waals surface area contributed by atoms with Crippen LogP contribution in [0.1, 0.15) is 26.0 Å². The summed E-state index contributed by atoms with van der Waals surface area (Å²) in [6, 6.07) is 3.62. The first-order valence-corrected chi connectivity index (χ1v) is 5.27. The van der Waals surface area contributed by atoms with Crippen molar-refractivity contribution in [3.8, 4) is 5.88 Å². The number of hydrogen-bond acceptors (Lipinski definition) is 3. The topological polar surface area (TPSA) is 35.0 Å². The third-order valence-electron chi connectivity index (χ3n) is 1.78. The second kappa shape index (κ2) is 5.81. The van der Waals surface area contributed by atoms with E-state index in [-0.39, 0.29) is 0 Å². The summed E-state index contributed by atoms with van der Waals surface area (Å²) in [5.41, 5.74) is 0.767. The van der Waals surface area contributed by atoms with Crippen LogP contribution in [0, 0.1) is 5.92 Å². The molecule has 0 fully saturated rings. The van der Waals surface area contributed by atoms with Gasteiger partial charge in [0, 0.05) is 6.07 Å². The average Bonchev–Trinajstić information content (AvgIpc) is 2.18. The van der Waals surface area contributed by atoms with Crippen molar-refractivity contribution in [2.24, 2.45) is 5.92 Å². The van der Waals surface area contributed by atoms with E-state index in [1.807, 2.05) is 6.07 Å². The van der Waals surface area contributed by atoms with Crippen LogP contribution in [-0.4, -0.2) is 16.8 Å². The summed E-state index contributed by atoms with van der Waals surface area (Å²) in [5.74, 6) is 1.60. The highest BCUT2D eigenvalue weighted by Crippen LogP contribution is 2.08. The molecule has 0 radical (unpaired) electrons. The van der Waals surface area contributed by atoms with Gasteiger partial charge in [0.15, 0.2) is 0 Å². The second-order valence-electron chi connectivity index (χ2n) is 3.53. The Morgan fingerprint density at radius 3 is 2.64 bits per heavy atom. The Morgan fingerprint density at radius 2 is 2.14 bits per heavy atom. The molecule has 0 bridgehead atoms. The number of rotatable bonds is 5. The van der Waals surface area contributed by atoms with Crippen LogP contribution >= 0.6 is 11.6 Å². The van der Waals surface area contributed by atoms with Crippen molar-refractivity contribution in [3.05, 3.63) is 17.8 Å². The number of halogens is 1. The predicted octanol–water partition coefficient (Wildman–Crippen LogP) is 2.64. The van der Waals surface area contributed by atoms with Crippen LogP contribution in [0.25, 0.3) is 0 Å². The molecule has 78 valence electrons. The lowest BCUT2D eigenvalue weighted by molar-refractivity contribution is 0.276. The fraction of sp³-hybridized carbons (Fsp3) is 0.600. The van der Waals surface area contributed by atoms with Crippen LogP contribution in [0.3, 0.4) is 0 Å². The number of ether oxygens (including phenoxy) is 1. The number of alkyl halides is 1. The Morgan fingerprint density at radius 1 is 1.36 bits per heavy atom. The highest BCUT2D eigenvalue weighted by Gasteiger charge is 1.98. The molecule has 4 heteroatoms. The number of hydrogen-bond donors (Lipinski definition) is 0. The summed E-state index contributed by atoms with van der Waals surface area (Å²) < 4.78 is 5.40. The van der Waals surface area contributed by atoms with Crippen molar-refractivity contribution in [3.63, 3.8) is 0 Å². The van der Waals surface area contributed by atoms with Gasteiger partial charge in [0.05, 0.1) is 18.2 Å². The minimum absolute atomic E-state index is 0.388. The lowest BCUT2D eigenvalue weighted by atomic mass is 10.1. The molecule has 14 heavy (non-hydrogen) atoms. The predicted molar refractivity (Wildman–Crippen MR) is 56.5 cm³/mol. The minimum atomic E-state index is 0.388. The lowest BCUT2D eigenvalue weighted by Gasteiger charge is -2.06. The Balaban J connectivity index is 2.36. The molecule has 0 aromatic carbocycles. The van der Waals surface area contributed by atoms with Gasteiger partial charge < -0.3 is 4.74 Å². The first-order valence-electron chi connectivity index (χ1n) is 4.73. The molecule has 1 aromatic heterocycles. The maximum atomic E-state index is 5.58. The molecule has 3 nitrogen and oxygen atoms in total. The Kier molecular flexibility index (Phi) is 4.66. The van der Waals surface area contributed by atoms with Crippen molar-refractivity contribution in [2.45, 2.75) is 26.1 Å². The summed E-state index contributed by atoms with van der Waals surface area (Å²) in [6.45, 7) is 5.00. The van der Waals surface area contributed by atoms with Gasteiger partial charge in [-0.2, -0.15) is 5.10 Å². The van der Waals surface area contributed by atoms with E-state index < -0.39 is 0 Å². The molecule has 0 amide bonds. The van der Waals surface area contributed by atoms with Crippen molar-refractivity contribution in [2.75, 3.05) is 6.61 Å². The van der Waals surface area contributed by atoms with E-state index in [2.05, 4.69) is 24.0 Å². The maximum Gasteiger partial charge on any atom is 0.233 e. The van der Waals surface area contributed by atoms with E-state index in [0.717, 1.165) is 12.1 Å².